The molecule has 1 unspecified atom stereocenters. The van der Waals surface area contributed by atoms with Crippen molar-refractivity contribution in [3.63, 3.8) is 0 Å². The predicted octanol–water partition coefficient (Wildman–Crippen LogP) is 6.04. The molecule has 1 aliphatic heterocycles. The van der Waals surface area contributed by atoms with Crippen molar-refractivity contribution in [3.05, 3.63) is 65.1 Å². The van der Waals surface area contributed by atoms with E-state index in [9.17, 15) is 19.2 Å². The molecule has 0 saturated carbocycles. The third-order valence-corrected chi connectivity index (χ3v) is 7.00. The SMILES string of the molecule is CNCCCCCC(=O)C/C=C/C(=O)Nc1cc2c(Nc3ccc(F)c(Cl)c3)c(C#N)cnc2cc1OC1CCOC1. The topological polar surface area (TPSA) is 125 Å². The van der Waals surface area contributed by atoms with Crippen LogP contribution in [0.2, 0.25) is 5.02 Å². The second-order valence-electron chi connectivity index (χ2n) is 9.93. The molecule has 0 aliphatic carbocycles. The molecule has 9 nitrogen and oxygen atoms in total. The van der Waals surface area contributed by atoms with Gasteiger partial charge in [-0.15, -0.1) is 0 Å². The third-order valence-electron chi connectivity index (χ3n) is 6.72. The fraction of sp³-hybridized carbons (Fsp3) is 0.355. The van der Waals surface area contributed by atoms with Crippen LogP contribution >= 0.6 is 11.6 Å². The number of anilines is 3. The lowest BCUT2D eigenvalue weighted by Crippen LogP contribution is -2.18. The van der Waals surface area contributed by atoms with Crippen LogP contribution in [-0.2, 0) is 14.3 Å². The standard InChI is InChI=1S/C31H33ClFN5O4/c1-35-12-4-2-3-6-22(39)7-5-8-30(40)38-28-15-24-27(16-29(28)42-23-11-13-41-19-23)36-18-20(17-34)31(24)37-21-9-10-26(33)25(32)14-21/h5,8-10,14-16,18,23,35H,2-4,6-7,11-13,19H2,1H3,(H,36,37)(H,38,40)/b8-5+. The molecule has 0 spiro atoms. The maximum Gasteiger partial charge on any atom is 0.248 e. The highest BCUT2D eigenvalue weighted by Gasteiger charge is 2.21. The summed E-state index contributed by atoms with van der Waals surface area (Å²) in [6.07, 6.45) is 8.27. The second-order valence-corrected chi connectivity index (χ2v) is 10.3. The Labute approximate surface area is 249 Å². The number of allylic oxidation sites excluding steroid dienone is 1. The number of nitrogens with zero attached hydrogens (tertiary/aromatic N) is 2. The van der Waals surface area contributed by atoms with E-state index in [0.29, 0.717) is 59.8 Å². The average Bonchev–Trinajstić information content (AvgIpc) is 3.49. The normalized spacial score (nSPS) is 14.7. The summed E-state index contributed by atoms with van der Waals surface area (Å²) < 4.78 is 25.3. The van der Waals surface area contributed by atoms with Crippen LogP contribution in [0.4, 0.5) is 21.5 Å². The Balaban J connectivity index is 1.58. The highest BCUT2D eigenvalue weighted by atomic mass is 35.5. The fourth-order valence-corrected chi connectivity index (χ4v) is 4.69. The number of ether oxygens (including phenoxy) is 2. The Hall–Kier alpha value is -4.04. The number of fused-ring (bicyclic) bond motifs is 1. The number of nitrogens with one attached hydrogen (secondary N) is 3. The van der Waals surface area contributed by atoms with E-state index in [1.165, 1.54) is 30.5 Å². The van der Waals surface area contributed by atoms with Gasteiger partial charge in [0.25, 0.3) is 0 Å². The number of benzene rings is 2. The Kier molecular flexibility index (Phi) is 11.2. The van der Waals surface area contributed by atoms with Gasteiger partial charge in [-0.3, -0.25) is 14.6 Å². The second kappa shape index (κ2) is 15.3. The van der Waals surface area contributed by atoms with Gasteiger partial charge in [0.15, 0.2) is 0 Å². The summed E-state index contributed by atoms with van der Waals surface area (Å²) in [5.74, 6) is -0.534. The van der Waals surface area contributed by atoms with Crippen LogP contribution in [0.1, 0.15) is 44.1 Å². The summed E-state index contributed by atoms with van der Waals surface area (Å²) in [6.45, 7) is 1.92. The number of hydrogen-bond donors (Lipinski definition) is 3. The van der Waals surface area contributed by atoms with Crippen LogP contribution in [0, 0.1) is 17.1 Å². The van der Waals surface area contributed by atoms with Gasteiger partial charge in [-0.1, -0.05) is 24.1 Å². The van der Waals surface area contributed by atoms with Crippen LogP contribution in [0.3, 0.4) is 0 Å². The maximum absolute atomic E-state index is 13.7. The van der Waals surface area contributed by atoms with E-state index in [1.54, 1.807) is 18.2 Å². The molecule has 42 heavy (non-hydrogen) atoms. The Morgan fingerprint density at radius 1 is 1.26 bits per heavy atom. The molecule has 1 saturated heterocycles. The number of nitriles is 1. The van der Waals surface area contributed by atoms with E-state index in [0.717, 1.165) is 25.8 Å². The van der Waals surface area contributed by atoms with Crippen LogP contribution < -0.4 is 20.7 Å². The lowest BCUT2D eigenvalue weighted by Gasteiger charge is -2.18. The van der Waals surface area contributed by atoms with E-state index in [2.05, 4.69) is 27.0 Å². The number of unbranched alkanes of at least 4 members (excludes halogenated alkanes) is 2. The monoisotopic (exact) mass is 593 g/mol. The average molecular weight is 594 g/mol. The molecule has 1 amide bonds. The van der Waals surface area contributed by atoms with Gasteiger partial charge < -0.3 is 25.4 Å². The van der Waals surface area contributed by atoms with Gasteiger partial charge in [0, 0.05) is 42.6 Å². The van der Waals surface area contributed by atoms with Crippen molar-refractivity contribution in [3.8, 4) is 11.8 Å². The predicted molar refractivity (Wildman–Crippen MR) is 161 cm³/mol. The minimum Gasteiger partial charge on any atom is -0.486 e. The molecule has 11 heteroatoms. The first-order chi connectivity index (χ1) is 20.4. The van der Waals surface area contributed by atoms with Crippen molar-refractivity contribution < 1.29 is 23.5 Å². The molecule has 4 rings (SSSR count). The molecule has 1 aromatic heterocycles. The maximum atomic E-state index is 13.7. The molecule has 2 aromatic carbocycles. The lowest BCUT2D eigenvalue weighted by atomic mass is 10.1. The number of hydrogen-bond acceptors (Lipinski definition) is 8. The Morgan fingerprint density at radius 3 is 2.86 bits per heavy atom. The molecular weight excluding hydrogens is 561 g/mol. The summed E-state index contributed by atoms with van der Waals surface area (Å²) >= 11 is 5.96. The zero-order valence-corrected chi connectivity index (χ0v) is 24.1. The van der Waals surface area contributed by atoms with Gasteiger partial charge in [-0.2, -0.15) is 5.26 Å². The van der Waals surface area contributed by atoms with Crippen molar-refractivity contribution >= 4 is 51.3 Å². The van der Waals surface area contributed by atoms with Crippen molar-refractivity contribution in [1.82, 2.24) is 10.3 Å². The van der Waals surface area contributed by atoms with Crippen molar-refractivity contribution in [1.29, 1.82) is 5.26 Å². The zero-order valence-electron chi connectivity index (χ0n) is 23.3. The minimum absolute atomic E-state index is 0.0710. The lowest BCUT2D eigenvalue weighted by molar-refractivity contribution is -0.118. The summed E-state index contributed by atoms with van der Waals surface area (Å²) in [7, 11) is 1.90. The van der Waals surface area contributed by atoms with E-state index in [1.807, 2.05) is 7.05 Å². The molecule has 3 N–H and O–H groups in total. The number of rotatable bonds is 14. The van der Waals surface area contributed by atoms with Gasteiger partial charge in [0.1, 0.15) is 29.5 Å². The molecule has 1 fully saturated rings. The van der Waals surface area contributed by atoms with E-state index < -0.39 is 11.7 Å². The molecular formula is C31H33ClFN5O4. The van der Waals surface area contributed by atoms with Gasteiger partial charge in [-0.05, 0) is 56.8 Å². The first kappa shape index (κ1) is 30.9. The van der Waals surface area contributed by atoms with Crippen LogP contribution in [-0.4, -0.2) is 49.6 Å². The highest BCUT2D eigenvalue weighted by molar-refractivity contribution is 6.31. The first-order valence-corrected chi connectivity index (χ1v) is 14.2. The van der Waals surface area contributed by atoms with Crippen molar-refractivity contribution in [2.24, 2.45) is 0 Å². The largest absolute Gasteiger partial charge is 0.486 e. The number of amides is 1. The summed E-state index contributed by atoms with van der Waals surface area (Å²) in [5.41, 5.74) is 1.98. The molecule has 0 bridgehead atoms. The summed E-state index contributed by atoms with van der Waals surface area (Å²) in [4.78, 5) is 29.5. The van der Waals surface area contributed by atoms with E-state index in [4.69, 9.17) is 21.1 Å². The molecule has 2 heterocycles. The number of halogens is 2. The number of aromatic nitrogens is 1. The van der Waals surface area contributed by atoms with E-state index >= 15 is 0 Å². The molecule has 0 radical (unpaired) electrons. The van der Waals surface area contributed by atoms with Gasteiger partial charge >= 0.3 is 0 Å². The van der Waals surface area contributed by atoms with Gasteiger partial charge in [-0.25, -0.2) is 4.39 Å². The van der Waals surface area contributed by atoms with Crippen LogP contribution in [0.5, 0.6) is 5.75 Å². The number of Topliss-reactive ketones (excluding diaryl/α,β-unsaturated/α-hetero) is 1. The molecule has 3 aromatic rings. The van der Waals surface area contributed by atoms with Crippen molar-refractivity contribution in [2.45, 2.75) is 44.6 Å². The summed E-state index contributed by atoms with van der Waals surface area (Å²) in [6, 6.07) is 9.62. The highest BCUT2D eigenvalue weighted by Crippen LogP contribution is 2.37. The third kappa shape index (κ3) is 8.49. The molecule has 1 aliphatic rings. The number of carbonyl (C=O) groups is 2. The first-order valence-electron chi connectivity index (χ1n) is 13.8. The van der Waals surface area contributed by atoms with E-state index in [-0.39, 0.29) is 28.9 Å². The quantitative estimate of drug-likeness (QED) is 0.152. The smallest absolute Gasteiger partial charge is 0.248 e. The van der Waals surface area contributed by atoms with Crippen molar-refractivity contribution in [2.75, 3.05) is 37.4 Å². The number of carbonyl (C=O) groups excluding carboxylic acids is 2. The Morgan fingerprint density at radius 2 is 2.12 bits per heavy atom. The Bertz CT molecular complexity index is 1500. The fourth-order valence-electron chi connectivity index (χ4n) is 4.51. The molecule has 220 valence electrons. The van der Waals surface area contributed by atoms with Crippen LogP contribution in [0.15, 0.2) is 48.7 Å². The minimum atomic E-state index is -0.565. The van der Waals surface area contributed by atoms with Gasteiger partial charge in [0.2, 0.25) is 5.91 Å². The van der Waals surface area contributed by atoms with Crippen LogP contribution in [0.25, 0.3) is 10.9 Å². The summed E-state index contributed by atoms with van der Waals surface area (Å²) in [5, 5.41) is 19.3. The number of ketones is 1. The number of pyridine rings is 1. The molecule has 1 atom stereocenters. The zero-order chi connectivity index (χ0) is 29.9. The van der Waals surface area contributed by atoms with Gasteiger partial charge in [0.05, 0.1) is 40.7 Å².